The van der Waals surface area contributed by atoms with E-state index in [1.165, 1.54) is 0 Å². The molecule has 190 valence electrons. The van der Waals surface area contributed by atoms with E-state index in [1.807, 2.05) is 30.9 Å². The molecule has 0 amide bonds. The van der Waals surface area contributed by atoms with Crippen molar-refractivity contribution in [2.45, 2.75) is 64.8 Å². The minimum absolute atomic E-state index is 0.218. The Morgan fingerprint density at radius 3 is 2.67 bits per heavy atom. The molecule has 5 rings (SSSR count). The topological polar surface area (TPSA) is 136 Å². The lowest BCUT2D eigenvalue weighted by atomic mass is 10.1. The number of imidazole rings is 1. The van der Waals surface area contributed by atoms with Gasteiger partial charge in [0.1, 0.15) is 5.60 Å². The lowest BCUT2D eigenvalue weighted by Crippen LogP contribution is -2.40. The van der Waals surface area contributed by atoms with Gasteiger partial charge in [-0.05, 0) is 52.7 Å². The van der Waals surface area contributed by atoms with Crippen LogP contribution < -0.4 is 16.0 Å². The number of aromatic nitrogens is 7. The van der Waals surface area contributed by atoms with E-state index in [1.54, 1.807) is 24.7 Å². The van der Waals surface area contributed by atoms with E-state index < -0.39 is 5.60 Å². The molecule has 0 aliphatic carbocycles. The van der Waals surface area contributed by atoms with Crippen molar-refractivity contribution < 1.29 is 5.11 Å². The average Bonchev–Trinajstić information content (AvgIpc) is 3.51. The minimum atomic E-state index is -1.02. The predicted octanol–water partition coefficient (Wildman–Crippen LogP) is 2.75. The fourth-order valence-corrected chi connectivity index (χ4v) is 4.39. The largest absolute Gasteiger partial charge is 0.384 e. The van der Waals surface area contributed by atoms with Gasteiger partial charge in [-0.1, -0.05) is 0 Å². The number of piperidine rings is 1. The van der Waals surface area contributed by atoms with Gasteiger partial charge in [0.2, 0.25) is 5.95 Å². The molecule has 11 nitrogen and oxygen atoms in total. The third kappa shape index (κ3) is 4.76. The molecule has 0 saturated carbocycles. The Morgan fingerprint density at radius 1 is 1.19 bits per heavy atom. The fourth-order valence-electron chi connectivity index (χ4n) is 4.39. The smallest absolute Gasteiger partial charge is 0.229 e. The van der Waals surface area contributed by atoms with Gasteiger partial charge in [-0.25, -0.2) is 9.67 Å². The molecule has 36 heavy (non-hydrogen) atoms. The Labute approximate surface area is 210 Å². The van der Waals surface area contributed by atoms with Crippen LogP contribution in [0.4, 0.5) is 11.8 Å². The molecule has 0 spiro atoms. The van der Waals surface area contributed by atoms with Gasteiger partial charge in [-0.2, -0.15) is 15.1 Å². The number of hydrogen-bond donors (Lipinski definition) is 3. The predicted molar refractivity (Wildman–Crippen MR) is 139 cm³/mol. The first kappa shape index (κ1) is 24.1. The first-order chi connectivity index (χ1) is 17.2. The Bertz CT molecular complexity index is 1340. The maximum absolute atomic E-state index is 10.3. The Morgan fingerprint density at radius 2 is 1.97 bits per heavy atom. The van der Waals surface area contributed by atoms with E-state index in [0.717, 1.165) is 48.3 Å². The molecular weight excluding hydrogens is 456 g/mol. The van der Waals surface area contributed by atoms with Crippen LogP contribution in [0.25, 0.3) is 16.9 Å². The fraction of sp³-hybridized carbons (Fsp3) is 0.480. The molecule has 0 aromatic carbocycles. The highest BCUT2D eigenvalue weighted by molar-refractivity contribution is 5.84. The third-order valence-electron chi connectivity index (χ3n) is 6.58. The summed E-state index contributed by atoms with van der Waals surface area (Å²) in [7, 11) is 0. The van der Waals surface area contributed by atoms with Crippen molar-refractivity contribution in [3.05, 3.63) is 48.3 Å². The standard InChI is InChI=1S/C25H34N10O/c1-16(2)34-15-29-21-22(30-24(31-23(21)34)33-10-6-18(26)7-11-33)28-14-17-13-27-9-5-19(17)35-12-8-20(32-35)25(3,4)36/h5,8-9,12-13,15-16,18,36H,6-7,10-11,14,26H2,1-4H3,(H,28,30,31). The van der Waals surface area contributed by atoms with Gasteiger partial charge < -0.3 is 25.6 Å². The number of rotatable bonds is 7. The maximum atomic E-state index is 10.3. The van der Waals surface area contributed by atoms with Gasteiger partial charge in [0, 0.05) is 55.9 Å². The average molecular weight is 491 g/mol. The van der Waals surface area contributed by atoms with Crippen molar-refractivity contribution in [3.8, 4) is 5.69 Å². The van der Waals surface area contributed by atoms with Gasteiger partial charge >= 0.3 is 0 Å². The Balaban J connectivity index is 1.47. The van der Waals surface area contributed by atoms with E-state index in [0.29, 0.717) is 24.0 Å². The molecule has 0 unspecified atom stereocenters. The van der Waals surface area contributed by atoms with Crippen LogP contribution in [0.2, 0.25) is 0 Å². The molecule has 0 atom stereocenters. The monoisotopic (exact) mass is 490 g/mol. The molecule has 4 aromatic rings. The zero-order valence-corrected chi connectivity index (χ0v) is 21.3. The number of nitrogens with one attached hydrogen (secondary N) is 1. The zero-order valence-electron chi connectivity index (χ0n) is 21.3. The summed E-state index contributed by atoms with van der Waals surface area (Å²) < 4.78 is 3.83. The molecule has 0 radical (unpaired) electrons. The molecule has 11 heteroatoms. The summed E-state index contributed by atoms with van der Waals surface area (Å²) >= 11 is 0. The van der Waals surface area contributed by atoms with E-state index >= 15 is 0 Å². The summed E-state index contributed by atoms with van der Waals surface area (Å²) in [4.78, 5) is 20.9. The van der Waals surface area contributed by atoms with Crippen LogP contribution in [0, 0.1) is 0 Å². The maximum Gasteiger partial charge on any atom is 0.229 e. The molecule has 0 bridgehead atoms. The number of nitrogens with two attached hydrogens (primary N) is 1. The first-order valence-corrected chi connectivity index (χ1v) is 12.4. The van der Waals surface area contributed by atoms with Crippen LogP contribution in [0.1, 0.15) is 57.8 Å². The number of pyridine rings is 1. The van der Waals surface area contributed by atoms with Crippen LogP contribution in [-0.2, 0) is 12.1 Å². The van der Waals surface area contributed by atoms with Gasteiger partial charge in [-0.15, -0.1) is 0 Å². The van der Waals surface area contributed by atoms with Crippen LogP contribution >= 0.6 is 0 Å². The summed E-state index contributed by atoms with van der Waals surface area (Å²) in [5, 5.41) is 18.4. The summed E-state index contributed by atoms with van der Waals surface area (Å²) in [5.41, 5.74) is 9.04. The number of aliphatic hydroxyl groups is 1. The normalized spacial score (nSPS) is 15.2. The van der Waals surface area contributed by atoms with E-state index in [-0.39, 0.29) is 12.1 Å². The summed E-state index contributed by atoms with van der Waals surface area (Å²) in [5.74, 6) is 1.37. The number of nitrogens with zero attached hydrogens (tertiary/aromatic N) is 8. The number of anilines is 2. The SMILES string of the molecule is CC(C)n1cnc2c(NCc3cnccc3-n3ccc(C(C)(C)O)n3)nc(N3CCC(N)CC3)nc21. The molecule has 1 aliphatic heterocycles. The third-order valence-corrected chi connectivity index (χ3v) is 6.58. The molecule has 1 saturated heterocycles. The lowest BCUT2D eigenvalue weighted by Gasteiger charge is -2.30. The summed E-state index contributed by atoms with van der Waals surface area (Å²) in [6, 6.07) is 4.17. The molecular formula is C25H34N10O. The quantitative estimate of drug-likeness (QED) is 0.357. The van der Waals surface area contributed by atoms with E-state index in [9.17, 15) is 5.11 Å². The van der Waals surface area contributed by atoms with E-state index in [2.05, 4.69) is 43.7 Å². The van der Waals surface area contributed by atoms with Crippen molar-refractivity contribution >= 4 is 22.9 Å². The first-order valence-electron chi connectivity index (χ1n) is 12.4. The second-order valence-electron chi connectivity index (χ2n) is 10.2. The van der Waals surface area contributed by atoms with Crippen molar-refractivity contribution in [2.75, 3.05) is 23.3 Å². The number of fused-ring (bicyclic) bond motifs is 1. The Kier molecular flexibility index (Phi) is 6.35. The Hall–Kier alpha value is -3.57. The van der Waals surface area contributed by atoms with E-state index in [4.69, 9.17) is 15.7 Å². The molecule has 5 heterocycles. The van der Waals surface area contributed by atoms with Crippen molar-refractivity contribution in [1.82, 2.24) is 34.3 Å². The molecule has 4 N–H and O–H groups in total. The highest BCUT2D eigenvalue weighted by atomic mass is 16.3. The van der Waals surface area contributed by atoms with Crippen LogP contribution in [-0.4, -0.2) is 58.5 Å². The summed E-state index contributed by atoms with van der Waals surface area (Å²) in [6.07, 6.45) is 9.05. The van der Waals surface area contributed by atoms with Gasteiger partial charge in [0.15, 0.2) is 17.0 Å². The molecule has 4 aromatic heterocycles. The lowest BCUT2D eigenvalue weighted by molar-refractivity contribution is 0.0734. The van der Waals surface area contributed by atoms with Crippen molar-refractivity contribution in [1.29, 1.82) is 0 Å². The zero-order chi connectivity index (χ0) is 25.4. The second-order valence-corrected chi connectivity index (χ2v) is 10.2. The minimum Gasteiger partial charge on any atom is -0.384 e. The van der Waals surface area contributed by atoms with Crippen LogP contribution in [0.5, 0.6) is 0 Å². The number of hydrogen-bond acceptors (Lipinski definition) is 9. The highest BCUT2D eigenvalue weighted by Gasteiger charge is 2.23. The molecule has 1 aliphatic rings. The summed E-state index contributed by atoms with van der Waals surface area (Å²) in [6.45, 7) is 9.80. The molecule has 1 fully saturated rings. The second kappa shape index (κ2) is 9.47. The highest BCUT2D eigenvalue weighted by Crippen LogP contribution is 2.27. The van der Waals surface area contributed by atoms with Gasteiger partial charge in [-0.3, -0.25) is 4.98 Å². The van der Waals surface area contributed by atoms with Crippen LogP contribution in [0.3, 0.4) is 0 Å². The van der Waals surface area contributed by atoms with Crippen molar-refractivity contribution in [2.24, 2.45) is 5.73 Å². The van der Waals surface area contributed by atoms with Gasteiger partial charge in [0.25, 0.3) is 0 Å². The van der Waals surface area contributed by atoms with Gasteiger partial charge in [0.05, 0.1) is 17.7 Å². The van der Waals surface area contributed by atoms with Crippen molar-refractivity contribution in [3.63, 3.8) is 0 Å². The van der Waals surface area contributed by atoms with Crippen LogP contribution in [0.15, 0.2) is 37.1 Å².